The molecule has 0 fully saturated rings. The van der Waals surface area contributed by atoms with Gasteiger partial charge in [-0.2, -0.15) is 0 Å². The van der Waals surface area contributed by atoms with E-state index < -0.39 is 19.8 Å². The van der Waals surface area contributed by atoms with Crippen molar-refractivity contribution in [2.45, 2.75) is 5.03 Å². The Bertz CT molecular complexity index is 403. The lowest BCUT2D eigenvalue weighted by Crippen LogP contribution is -1.95. The largest absolute Gasteiger partial charge is 0.505 e. The average Bonchev–Trinajstić information content (AvgIpc) is 1.92. The van der Waals surface area contributed by atoms with Gasteiger partial charge in [-0.05, 0) is 12.1 Å². The molecule has 0 saturated heterocycles. The number of aromatic hydroxyl groups is 1. The summed E-state index contributed by atoms with van der Waals surface area (Å²) in [7, 11) is 0.898. The van der Waals surface area contributed by atoms with Crippen LogP contribution in [0.5, 0.6) is 5.75 Å². The zero-order valence-electron chi connectivity index (χ0n) is 5.53. The summed E-state index contributed by atoms with van der Waals surface area (Å²) in [5, 5.41) is 8.31. The van der Waals surface area contributed by atoms with E-state index in [0.29, 0.717) is 0 Å². The van der Waals surface area contributed by atoms with E-state index in [0.717, 1.165) is 6.07 Å². The van der Waals surface area contributed by atoms with Crippen molar-refractivity contribution in [3.8, 4) is 5.75 Å². The molecule has 0 aliphatic heterocycles. The minimum atomic E-state index is -4.03. The Morgan fingerprint density at radius 1 is 1.42 bits per heavy atom. The zero-order valence-corrected chi connectivity index (χ0v) is 7.86. The first-order chi connectivity index (χ1) is 5.41. The Balaban J connectivity index is 3.43. The summed E-state index contributed by atoms with van der Waals surface area (Å²) < 4.78 is 21.4. The van der Waals surface area contributed by atoms with Crippen LogP contribution in [-0.2, 0) is 9.05 Å². The Morgan fingerprint density at radius 2 is 2.00 bits per heavy atom. The smallest absolute Gasteiger partial charge is 0.282 e. The van der Waals surface area contributed by atoms with Gasteiger partial charge in [-0.1, -0.05) is 11.6 Å². The monoisotopic (exact) mass is 227 g/mol. The Kier molecular flexibility index (Phi) is 2.46. The van der Waals surface area contributed by atoms with Gasteiger partial charge in [0.15, 0.2) is 5.75 Å². The minimum absolute atomic E-state index is 0.0491. The third-order valence-corrected chi connectivity index (χ3v) is 2.45. The van der Waals surface area contributed by atoms with Gasteiger partial charge in [0, 0.05) is 10.7 Å². The van der Waals surface area contributed by atoms with Gasteiger partial charge < -0.3 is 5.11 Å². The van der Waals surface area contributed by atoms with Crippen LogP contribution in [0, 0.1) is 0 Å². The van der Waals surface area contributed by atoms with Crippen LogP contribution in [0.1, 0.15) is 0 Å². The quantitative estimate of drug-likeness (QED) is 0.582. The molecule has 0 radical (unpaired) electrons. The molecule has 0 aliphatic rings. The molecule has 1 rings (SSSR count). The number of halogens is 2. The molecule has 12 heavy (non-hydrogen) atoms. The van der Waals surface area contributed by atoms with E-state index in [2.05, 4.69) is 4.98 Å². The molecule has 0 aromatic carbocycles. The molecule has 0 atom stereocenters. The molecule has 66 valence electrons. The van der Waals surface area contributed by atoms with Gasteiger partial charge in [0.25, 0.3) is 9.05 Å². The summed E-state index contributed by atoms with van der Waals surface area (Å²) in [6, 6.07) is 2.35. The molecular weight excluding hydrogens is 225 g/mol. The van der Waals surface area contributed by atoms with Crippen molar-refractivity contribution < 1.29 is 13.5 Å². The fourth-order valence-corrected chi connectivity index (χ4v) is 1.65. The predicted molar refractivity (Wildman–Crippen MR) is 44.0 cm³/mol. The SMILES string of the molecule is O=S(=O)(Cl)c1nc(Cl)ccc1O. The summed E-state index contributed by atoms with van der Waals surface area (Å²) in [6.45, 7) is 0. The fourth-order valence-electron chi connectivity index (χ4n) is 0.590. The lowest BCUT2D eigenvalue weighted by atomic mass is 10.5. The van der Waals surface area contributed by atoms with Crippen LogP contribution in [0.25, 0.3) is 0 Å². The first-order valence-corrected chi connectivity index (χ1v) is 5.40. The molecule has 0 aliphatic carbocycles. The summed E-state index contributed by atoms with van der Waals surface area (Å²) in [4.78, 5) is 3.34. The van der Waals surface area contributed by atoms with Crippen LogP contribution in [0.4, 0.5) is 0 Å². The molecule has 0 spiro atoms. The molecule has 0 bridgehead atoms. The van der Waals surface area contributed by atoms with Crippen LogP contribution in [0.3, 0.4) is 0 Å². The molecule has 1 N–H and O–H groups in total. The maximum Gasteiger partial charge on any atom is 0.282 e. The van der Waals surface area contributed by atoms with Crippen molar-refractivity contribution in [3.05, 3.63) is 17.3 Å². The van der Waals surface area contributed by atoms with Crippen LogP contribution in [-0.4, -0.2) is 18.5 Å². The third-order valence-electron chi connectivity index (χ3n) is 1.04. The third kappa shape index (κ3) is 2.00. The Hall–Kier alpha value is -0.520. The molecule has 0 unspecified atom stereocenters. The van der Waals surface area contributed by atoms with Gasteiger partial charge in [0.2, 0.25) is 5.03 Å². The second-order valence-electron chi connectivity index (χ2n) is 1.90. The average molecular weight is 228 g/mol. The van der Waals surface area contributed by atoms with E-state index in [1.807, 2.05) is 0 Å². The van der Waals surface area contributed by atoms with E-state index in [1.54, 1.807) is 0 Å². The minimum Gasteiger partial charge on any atom is -0.505 e. The highest BCUT2D eigenvalue weighted by Crippen LogP contribution is 2.24. The van der Waals surface area contributed by atoms with Gasteiger partial charge in [0.1, 0.15) is 5.15 Å². The molecule has 7 heteroatoms. The number of hydrogen-bond acceptors (Lipinski definition) is 4. The highest BCUT2D eigenvalue weighted by molar-refractivity contribution is 8.13. The summed E-state index contributed by atoms with van der Waals surface area (Å²) in [6.07, 6.45) is 0. The number of hydrogen-bond donors (Lipinski definition) is 1. The second-order valence-corrected chi connectivity index (χ2v) is 4.76. The molecule has 1 heterocycles. The summed E-state index contributed by atoms with van der Waals surface area (Å²) in [5.41, 5.74) is 0. The molecule has 4 nitrogen and oxygen atoms in total. The second kappa shape index (κ2) is 3.08. The standard InChI is InChI=1S/C5H3Cl2NO3S/c6-4-2-1-3(9)5(8-4)12(7,10)11/h1-2,9H. The van der Waals surface area contributed by atoms with Crippen LogP contribution < -0.4 is 0 Å². The highest BCUT2D eigenvalue weighted by Gasteiger charge is 2.17. The number of aromatic nitrogens is 1. The molecular formula is C5H3Cl2NO3S. The lowest BCUT2D eigenvalue weighted by Gasteiger charge is -1.98. The van der Waals surface area contributed by atoms with E-state index in [1.165, 1.54) is 6.07 Å². The highest BCUT2D eigenvalue weighted by atomic mass is 35.7. The first-order valence-electron chi connectivity index (χ1n) is 2.71. The number of pyridine rings is 1. The van der Waals surface area contributed by atoms with E-state index in [-0.39, 0.29) is 5.15 Å². The van der Waals surface area contributed by atoms with Gasteiger partial charge in [-0.25, -0.2) is 13.4 Å². The van der Waals surface area contributed by atoms with Gasteiger partial charge in [-0.15, -0.1) is 0 Å². The molecule has 0 saturated carbocycles. The topological polar surface area (TPSA) is 67.3 Å². The number of rotatable bonds is 1. The van der Waals surface area contributed by atoms with Crippen molar-refractivity contribution >= 4 is 31.3 Å². The number of nitrogens with zero attached hydrogens (tertiary/aromatic N) is 1. The summed E-state index contributed by atoms with van der Waals surface area (Å²) >= 11 is 5.38. The summed E-state index contributed by atoms with van der Waals surface area (Å²) in [5.74, 6) is -0.519. The molecule has 1 aromatic heterocycles. The van der Waals surface area contributed by atoms with E-state index >= 15 is 0 Å². The maximum atomic E-state index is 10.7. The maximum absolute atomic E-state index is 10.7. The van der Waals surface area contributed by atoms with Crippen molar-refractivity contribution in [2.24, 2.45) is 0 Å². The van der Waals surface area contributed by atoms with Crippen LogP contribution in [0.2, 0.25) is 5.15 Å². The fraction of sp³-hybridized carbons (Fsp3) is 0. The van der Waals surface area contributed by atoms with Crippen molar-refractivity contribution in [2.75, 3.05) is 0 Å². The normalized spacial score (nSPS) is 11.5. The van der Waals surface area contributed by atoms with Crippen molar-refractivity contribution in [1.29, 1.82) is 0 Å². The van der Waals surface area contributed by atoms with E-state index in [4.69, 9.17) is 27.4 Å². The Labute approximate surface area is 78.2 Å². The van der Waals surface area contributed by atoms with E-state index in [9.17, 15) is 8.42 Å². The van der Waals surface area contributed by atoms with Gasteiger partial charge in [0.05, 0.1) is 0 Å². The lowest BCUT2D eigenvalue weighted by molar-refractivity contribution is 0.453. The molecule has 0 amide bonds. The van der Waals surface area contributed by atoms with Crippen molar-refractivity contribution in [3.63, 3.8) is 0 Å². The van der Waals surface area contributed by atoms with Crippen LogP contribution >= 0.6 is 22.3 Å². The van der Waals surface area contributed by atoms with Crippen molar-refractivity contribution in [1.82, 2.24) is 4.98 Å². The first kappa shape index (κ1) is 9.57. The van der Waals surface area contributed by atoms with Gasteiger partial charge >= 0.3 is 0 Å². The Morgan fingerprint density at radius 3 is 2.42 bits per heavy atom. The van der Waals surface area contributed by atoms with Crippen LogP contribution in [0.15, 0.2) is 17.2 Å². The predicted octanol–water partition coefficient (Wildman–Crippen LogP) is 1.37. The zero-order chi connectivity index (χ0) is 9.35. The molecule has 1 aromatic rings. The van der Waals surface area contributed by atoms with Gasteiger partial charge in [-0.3, -0.25) is 0 Å².